The maximum Gasteiger partial charge on any atom is 0.314 e. The highest BCUT2D eigenvalue weighted by atomic mass is 35.5. The molecule has 1 aliphatic rings. The number of carbonyl (C=O) groups is 1. The summed E-state index contributed by atoms with van der Waals surface area (Å²) in [6.07, 6.45) is 13.5. The molecule has 0 fully saturated rings. The normalized spacial score (nSPS) is 14.2. The predicted molar refractivity (Wildman–Crippen MR) is 136 cm³/mol. The minimum atomic E-state index is -0.859. The number of rotatable bonds is 13. The highest BCUT2D eigenvalue weighted by molar-refractivity contribution is 6.35. The lowest BCUT2D eigenvalue weighted by atomic mass is 10.0. The van der Waals surface area contributed by atoms with Gasteiger partial charge >= 0.3 is 5.97 Å². The Kier molecular flexibility index (Phi) is 13.2. The molecule has 0 saturated heterocycles. The average molecular weight is 495 g/mol. The Labute approximate surface area is 207 Å². The standard InChI is InChI=1S/C18H29Cl2N.C8H7NO3/c1-2-3-4-5-6-7-8-9-13-21-14-12-16-10-11-17(19)15-18(16)20;10-8(11)6-4-12-7-5(6)2-1-3-9-7/h10-11,15,21H,2-9,12-14H2,1H3;1-3,6H,4H2,(H,10,11). The number of hydrogen-bond acceptors (Lipinski definition) is 4. The summed E-state index contributed by atoms with van der Waals surface area (Å²) in [5.41, 5.74) is 1.84. The number of pyridine rings is 1. The molecule has 5 nitrogen and oxygen atoms in total. The molecule has 0 bridgehead atoms. The molecular weight excluding hydrogens is 459 g/mol. The molecular formula is C26H36Cl2N2O3. The van der Waals surface area contributed by atoms with E-state index in [0.717, 1.165) is 24.5 Å². The second-order valence-electron chi connectivity index (χ2n) is 8.31. The van der Waals surface area contributed by atoms with Crippen molar-refractivity contribution < 1.29 is 14.6 Å². The van der Waals surface area contributed by atoms with Gasteiger partial charge in [-0.3, -0.25) is 4.79 Å². The molecule has 2 N–H and O–H groups in total. The van der Waals surface area contributed by atoms with Crippen molar-refractivity contribution in [2.24, 2.45) is 0 Å². The number of carboxylic acids is 1. The summed E-state index contributed by atoms with van der Waals surface area (Å²) in [6, 6.07) is 9.18. The van der Waals surface area contributed by atoms with Gasteiger partial charge < -0.3 is 15.2 Å². The molecule has 0 radical (unpaired) electrons. The zero-order valence-corrected chi connectivity index (χ0v) is 21.0. The number of carboxylic acid groups (broad SMARTS) is 1. The van der Waals surface area contributed by atoms with Crippen molar-refractivity contribution in [1.29, 1.82) is 0 Å². The highest BCUT2D eigenvalue weighted by Crippen LogP contribution is 2.31. The number of aromatic nitrogens is 1. The van der Waals surface area contributed by atoms with Crippen molar-refractivity contribution >= 4 is 29.2 Å². The van der Waals surface area contributed by atoms with Gasteiger partial charge in [0.1, 0.15) is 12.5 Å². The fourth-order valence-corrected chi connectivity index (χ4v) is 4.20. The number of aliphatic carboxylic acids is 1. The van der Waals surface area contributed by atoms with Crippen LogP contribution in [0.4, 0.5) is 0 Å². The van der Waals surface area contributed by atoms with Crippen molar-refractivity contribution in [3.63, 3.8) is 0 Å². The van der Waals surface area contributed by atoms with Crippen LogP contribution in [0.3, 0.4) is 0 Å². The van der Waals surface area contributed by atoms with E-state index in [1.165, 1.54) is 56.9 Å². The summed E-state index contributed by atoms with van der Waals surface area (Å²) >= 11 is 12.0. The van der Waals surface area contributed by atoms with Gasteiger partial charge in [-0.15, -0.1) is 0 Å². The third-order valence-corrected chi connectivity index (χ3v) is 6.24. The van der Waals surface area contributed by atoms with Gasteiger partial charge in [0.2, 0.25) is 5.88 Å². The van der Waals surface area contributed by atoms with E-state index < -0.39 is 11.9 Å². The van der Waals surface area contributed by atoms with Crippen LogP contribution in [-0.2, 0) is 11.2 Å². The molecule has 2 heterocycles. The average Bonchev–Trinajstić information content (AvgIpc) is 3.24. The zero-order valence-electron chi connectivity index (χ0n) is 19.5. The van der Waals surface area contributed by atoms with Crippen LogP contribution in [0.25, 0.3) is 0 Å². The predicted octanol–water partition coefficient (Wildman–Crippen LogP) is 6.91. The van der Waals surface area contributed by atoms with Crippen LogP contribution in [0.5, 0.6) is 5.88 Å². The van der Waals surface area contributed by atoms with Crippen LogP contribution in [-0.4, -0.2) is 35.8 Å². The summed E-state index contributed by atoms with van der Waals surface area (Å²) < 4.78 is 5.08. The van der Waals surface area contributed by atoms with E-state index in [4.69, 9.17) is 33.0 Å². The van der Waals surface area contributed by atoms with E-state index >= 15 is 0 Å². The number of halogens is 2. The smallest absolute Gasteiger partial charge is 0.314 e. The Morgan fingerprint density at radius 1 is 1.09 bits per heavy atom. The number of hydrogen-bond donors (Lipinski definition) is 2. The Morgan fingerprint density at radius 2 is 1.82 bits per heavy atom. The maximum absolute atomic E-state index is 10.7. The van der Waals surface area contributed by atoms with Crippen LogP contribution >= 0.6 is 23.2 Å². The van der Waals surface area contributed by atoms with Crippen molar-refractivity contribution in [3.8, 4) is 5.88 Å². The molecule has 1 aliphatic heterocycles. The number of fused-ring (bicyclic) bond motifs is 1. The van der Waals surface area contributed by atoms with Crippen molar-refractivity contribution in [2.75, 3.05) is 19.7 Å². The third-order valence-electron chi connectivity index (χ3n) is 5.65. The van der Waals surface area contributed by atoms with E-state index in [1.807, 2.05) is 18.2 Å². The highest BCUT2D eigenvalue weighted by Gasteiger charge is 2.30. The van der Waals surface area contributed by atoms with E-state index in [-0.39, 0.29) is 6.61 Å². The van der Waals surface area contributed by atoms with Gasteiger partial charge in [-0.1, -0.05) is 87.2 Å². The van der Waals surface area contributed by atoms with Gasteiger partial charge in [0.15, 0.2) is 0 Å². The summed E-state index contributed by atoms with van der Waals surface area (Å²) in [5.74, 6) is -0.958. The van der Waals surface area contributed by atoms with Gasteiger partial charge in [-0.05, 0) is 49.7 Å². The van der Waals surface area contributed by atoms with Crippen LogP contribution < -0.4 is 10.1 Å². The van der Waals surface area contributed by atoms with Gasteiger partial charge in [0, 0.05) is 21.8 Å². The van der Waals surface area contributed by atoms with Gasteiger partial charge in [-0.2, -0.15) is 0 Å². The number of benzene rings is 1. The first-order valence-electron chi connectivity index (χ1n) is 12.0. The molecule has 2 aromatic rings. The Bertz CT molecular complexity index is 848. The maximum atomic E-state index is 10.7. The monoisotopic (exact) mass is 494 g/mol. The number of ether oxygens (including phenoxy) is 1. The molecule has 0 aliphatic carbocycles. The van der Waals surface area contributed by atoms with E-state index in [0.29, 0.717) is 16.5 Å². The van der Waals surface area contributed by atoms with Crippen molar-refractivity contribution in [3.05, 3.63) is 57.7 Å². The minimum Gasteiger partial charge on any atom is -0.481 e. The molecule has 7 heteroatoms. The quantitative estimate of drug-likeness (QED) is 0.296. The fourth-order valence-electron chi connectivity index (χ4n) is 3.70. The van der Waals surface area contributed by atoms with Gasteiger partial charge in [0.05, 0.1) is 0 Å². The molecule has 0 saturated carbocycles. The Balaban J connectivity index is 0.000000268. The first-order valence-corrected chi connectivity index (χ1v) is 12.7. The summed E-state index contributed by atoms with van der Waals surface area (Å²) in [6.45, 7) is 4.56. The first-order chi connectivity index (χ1) is 16.0. The fraction of sp³-hybridized carbons (Fsp3) is 0.538. The first kappa shape index (κ1) is 27.4. The van der Waals surface area contributed by atoms with E-state index in [1.54, 1.807) is 18.3 Å². The molecule has 1 aromatic heterocycles. The van der Waals surface area contributed by atoms with Crippen LogP contribution in [0.15, 0.2) is 36.5 Å². The second kappa shape index (κ2) is 15.9. The lowest BCUT2D eigenvalue weighted by Gasteiger charge is -2.07. The minimum absolute atomic E-state index is 0.196. The lowest BCUT2D eigenvalue weighted by molar-refractivity contribution is -0.138. The molecule has 0 spiro atoms. The SMILES string of the molecule is CCCCCCCCCCNCCc1ccc(Cl)cc1Cl.O=C(O)C1COc2ncccc21. The Hall–Kier alpha value is -1.82. The number of nitrogens with one attached hydrogen (secondary N) is 1. The second-order valence-corrected chi connectivity index (χ2v) is 9.15. The molecule has 1 unspecified atom stereocenters. The Morgan fingerprint density at radius 3 is 2.52 bits per heavy atom. The van der Waals surface area contributed by atoms with Crippen molar-refractivity contribution in [1.82, 2.24) is 10.3 Å². The molecule has 33 heavy (non-hydrogen) atoms. The van der Waals surface area contributed by atoms with Crippen LogP contribution in [0, 0.1) is 0 Å². The molecule has 1 aromatic carbocycles. The summed E-state index contributed by atoms with van der Waals surface area (Å²) in [5, 5.41) is 13.7. The van der Waals surface area contributed by atoms with Gasteiger partial charge in [0.25, 0.3) is 0 Å². The van der Waals surface area contributed by atoms with E-state index in [2.05, 4.69) is 17.2 Å². The largest absolute Gasteiger partial charge is 0.481 e. The molecule has 1 atom stereocenters. The zero-order chi connectivity index (χ0) is 23.9. The van der Waals surface area contributed by atoms with Crippen molar-refractivity contribution in [2.45, 2.75) is 70.6 Å². The number of nitrogens with zero attached hydrogens (tertiary/aromatic N) is 1. The summed E-state index contributed by atoms with van der Waals surface area (Å²) in [4.78, 5) is 14.6. The van der Waals surface area contributed by atoms with Crippen LogP contribution in [0.1, 0.15) is 75.3 Å². The van der Waals surface area contributed by atoms with Gasteiger partial charge in [-0.25, -0.2) is 4.98 Å². The topological polar surface area (TPSA) is 71.5 Å². The van der Waals surface area contributed by atoms with E-state index in [9.17, 15) is 4.79 Å². The molecule has 3 rings (SSSR count). The lowest BCUT2D eigenvalue weighted by Crippen LogP contribution is -2.18. The third kappa shape index (κ3) is 10.3. The molecule has 182 valence electrons. The summed E-state index contributed by atoms with van der Waals surface area (Å²) in [7, 11) is 0. The number of unbranched alkanes of at least 4 members (excludes halogenated alkanes) is 7. The molecule has 0 amide bonds. The van der Waals surface area contributed by atoms with Crippen LogP contribution in [0.2, 0.25) is 10.0 Å².